The molecular weight excluding hydrogens is 240 g/mol. The number of aliphatic carboxylic acids is 1. The smallest absolute Gasteiger partial charge is 0.303 e. The minimum atomic E-state index is -0.756. The lowest BCUT2D eigenvalue weighted by atomic mass is 10.1. The van der Waals surface area contributed by atoms with Gasteiger partial charge < -0.3 is 10.2 Å². The number of carbonyl (C=O) groups is 1. The van der Waals surface area contributed by atoms with Crippen LogP contribution in [-0.2, 0) is 4.79 Å². The molecule has 0 saturated heterocycles. The summed E-state index contributed by atoms with van der Waals surface area (Å²) in [7, 11) is 0. The number of carboxylic acids is 1. The lowest BCUT2D eigenvalue weighted by Gasteiger charge is -2.01. The van der Waals surface area contributed by atoms with E-state index in [4.69, 9.17) is 5.11 Å². The van der Waals surface area contributed by atoms with Gasteiger partial charge in [-0.25, -0.2) is 0 Å². The highest BCUT2D eigenvalue weighted by Crippen LogP contribution is 2.14. The van der Waals surface area contributed by atoms with Crippen LogP contribution in [0.3, 0.4) is 0 Å². The van der Waals surface area contributed by atoms with Crippen LogP contribution in [0.4, 0.5) is 0 Å². The molecule has 0 spiro atoms. The Morgan fingerprint density at radius 1 is 1.26 bits per heavy atom. The van der Waals surface area contributed by atoms with E-state index in [9.17, 15) is 9.90 Å². The molecule has 0 saturated carbocycles. The molecule has 0 fully saturated rings. The van der Waals surface area contributed by atoms with Crippen LogP contribution in [0.15, 0.2) is 36.4 Å². The van der Waals surface area contributed by atoms with Crippen LogP contribution in [0.25, 0.3) is 12.2 Å². The maximum absolute atomic E-state index is 10.4. The molecular formula is C16H20O3. The number of hydrogen-bond acceptors (Lipinski definition) is 2. The van der Waals surface area contributed by atoms with Crippen LogP contribution in [-0.4, -0.2) is 22.3 Å². The monoisotopic (exact) mass is 260 g/mol. The normalized spacial score (nSPS) is 13.2. The summed E-state index contributed by atoms with van der Waals surface area (Å²) in [6.07, 6.45) is 8.74. The molecule has 0 amide bonds. The van der Waals surface area contributed by atoms with Crippen molar-refractivity contribution in [2.75, 3.05) is 0 Å². The van der Waals surface area contributed by atoms with E-state index in [0.717, 1.165) is 17.5 Å². The average Bonchev–Trinajstić information content (AvgIpc) is 2.36. The Balaban J connectivity index is 2.62. The van der Waals surface area contributed by atoms with E-state index in [1.165, 1.54) is 0 Å². The molecule has 0 aromatic heterocycles. The summed E-state index contributed by atoms with van der Waals surface area (Å²) >= 11 is 0. The molecule has 3 nitrogen and oxygen atoms in total. The van der Waals surface area contributed by atoms with Crippen LogP contribution < -0.4 is 0 Å². The van der Waals surface area contributed by atoms with E-state index in [0.29, 0.717) is 6.42 Å². The fraction of sp³-hybridized carbons (Fsp3) is 0.312. The van der Waals surface area contributed by atoms with Crippen molar-refractivity contribution in [1.82, 2.24) is 0 Å². The molecule has 1 unspecified atom stereocenters. The minimum absolute atomic E-state index is 0.202. The highest BCUT2D eigenvalue weighted by molar-refractivity contribution is 5.67. The van der Waals surface area contributed by atoms with E-state index in [1.807, 2.05) is 42.5 Å². The molecule has 2 N–H and O–H groups in total. The van der Waals surface area contributed by atoms with E-state index in [1.54, 1.807) is 13.0 Å². The zero-order chi connectivity index (χ0) is 14.1. The molecule has 0 aliphatic carbocycles. The third-order valence-electron chi connectivity index (χ3n) is 2.61. The van der Waals surface area contributed by atoms with E-state index in [2.05, 4.69) is 0 Å². The molecule has 1 atom stereocenters. The molecule has 0 bridgehead atoms. The highest BCUT2D eigenvalue weighted by atomic mass is 16.4. The third-order valence-corrected chi connectivity index (χ3v) is 2.61. The first-order valence-corrected chi connectivity index (χ1v) is 6.43. The number of hydrogen-bond donors (Lipinski definition) is 2. The molecule has 3 heteroatoms. The van der Waals surface area contributed by atoms with Gasteiger partial charge in [-0.15, -0.1) is 0 Å². The van der Waals surface area contributed by atoms with Crippen molar-refractivity contribution in [3.8, 4) is 0 Å². The van der Waals surface area contributed by atoms with Gasteiger partial charge in [0, 0.05) is 6.42 Å². The largest absolute Gasteiger partial charge is 0.481 e. The Bertz CT molecular complexity index is 459. The lowest BCUT2D eigenvalue weighted by molar-refractivity contribution is -0.137. The summed E-state index contributed by atoms with van der Waals surface area (Å²) in [5.74, 6) is -0.756. The Morgan fingerprint density at radius 2 is 1.89 bits per heavy atom. The molecule has 1 aromatic rings. The Hall–Kier alpha value is -1.87. The van der Waals surface area contributed by atoms with Gasteiger partial charge in [0.2, 0.25) is 0 Å². The van der Waals surface area contributed by atoms with Crippen molar-refractivity contribution in [2.24, 2.45) is 0 Å². The van der Waals surface area contributed by atoms with Crippen molar-refractivity contribution < 1.29 is 15.0 Å². The fourth-order valence-corrected chi connectivity index (χ4v) is 1.64. The minimum Gasteiger partial charge on any atom is -0.481 e. The number of aliphatic hydroxyl groups is 1. The molecule has 0 aliphatic rings. The Kier molecular flexibility index (Phi) is 6.61. The van der Waals surface area contributed by atoms with Gasteiger partial charge in [0.05, 0.1) is 6.10 Å². The summed E-state index contributed by atoms with van der Waals surface area (Å²) in [6, 6.07) is 7.88. The zero-order valence-electron chi connectivity index (χ0n) is 11.1. The highest BCUT2D eigenvalue weighted by Gasteiger charge is 1.96. The molecule has 1 rings (SSSR count). The average molecular weight is 260 g/mol. The summed E-state index contributed by atoms with van der Waals surface area (Å²) in [5.41, 5.74) is 2.10. The van der Waals surface area contributed by atoms with Crippen molar-refractivity contribution in [1.29, 1.82) is 0 Å². The number of unbranched alkanes of at least 4 members (excludes halogenated alkanes) is 1. The number of rotatable bonds is 7. The second-order valence-electron chi connectivity index (χ2n) is 4.42. The van der Waals surface area contributed by atoms with Gasteiger partial charge in [0.1, 0.15) is 0 Å². The molecule has 0 radical (unpaired) electrons. The van der Waals surface area contributed by atoms with E-state index >= 15 is 0 Å². The van der Waals surface area contributed by atoms with E-state index in [-0.39, 0.29) is 6.42 Å². The summed E-state index contributed by atoms with van der Waals surface area (Å²) in [5, 5.41) is 17.8. The molecule has 0 heterocycles. The van der Waals surface area contributed by atoms with Crippen LogP contribution in [0.1, 0.15) is 37.3 Å². The number of aliphatic hydroxyl groups excluding tert-OH is 1. The lowest BCUT2D eigenvalue weighted by Crippen LogP contribution is -1.92. The van der Waals surface area contributed by atoms with Gasteiger partial charge in [-0.1, -0.05) is 48.6 Å². The zero-order valence-corrected chi connectivity index (χ0v) is 11.1. The van der Waals surface area contributed by atoms with Gasteiger partial charge >= 0.3 is 5.97 Å². The molecule has 102 valence electrons. The van der Waals surface area contributed by atoms with Crippen LogP contribution in [0, 0.1) is 0 Å². The topological polar surface area (TPSA) is 57.5 Å². The first kappa shape index (κ1) is 15.2. The van der Waals surface area contributed by atoms with Crippen molar-refractivity contribution >= 4 is 18.1 Å². The molecule has 0 aliphatic heterocycles. The second kappa shape index (κ2) is 8.27. The van der Waals surface area contributed by atoms with Gasteiger partial charge in [0.15, 0.2) is 0 Å². The Labute approximate surface area is 113 Å². The van der Waals surface area contributed by atoms with Gasteiger partial charge in [-0.2, -0.15) is 0 Å². The van der Waals surface area contributed by atoms with E-state index < -0.39 is 12.1 Å². The molecule has 19 heavy (non-hydrogen) atoms. The third kappa shape index (κ3) is 6.58. The molecule has 1 aromatic carbocycles. The maximum atomic E-state index is 10.4. The quantitative estimate of drug-likeness (QED) is 0.739. The number of allylic oxidation sites excluding steroid dienone is 1. The van der Waals surface area contributed by atoms with Gasteiger partial charge in [-0.3, -0.25) is 4.79 Å². The van der Waals surface area contributed by atoms with Crippen LogP contribution in [0.2, 0.25) is 0 Å². The summed E-state index contributed by atoms with van der Waals surface area (Å²) in [4.78, 5) is 10.4. The van der Waals surface area contributed by atoms with Crippen molar-refractivity contribution in [3.63, 3.8) is 0 Å². The summed E-state index contributed by atoms with van der Waals surface area (Å²) in [6.45, 7) is 1.71. The number of benzene rings is 1. The second-order valence-corrected chi connectivity index (χ2v) is 4.42. The standard InChI is InChI=1S/C16H20O3/c1-13(17)11-12-15-9-6-5-8-14(15)7-3-2-4-10-16(18)19/h3,5-9,11-13,17H,2,4,10H2,1H3,(H,18,19)/b7-3-,12-11+. The Morgan fingerprint density at radius 3 is 2.47 bits per heavy atom. The fourth-order valence-electron chi connectivity index (χ4n) is 1.64. The SMILES string of the molecule is CC(O)/C=C/c1ccccc1/C=C\CCCC(=O)O. The van der Waals surface area contributed by atoms with Crippen molar-refractivity contribution in [2.45, 2.75) is 32.3 Å². The predicted octanol–water partition coefficient (Wildman–Crippen LogP) is 3.35. The summed E-state index contributed by atoms with van der Waals surface area (Å²) < 4.78 is 0. The number of carboxylic acid groups (broad SMARTS) is 1. The van der Waals surface area contributed by atoms with Crippen LogP contribution >= 0.6 is 0 Å². The van der Waals surface area contributed by atoms with Gasteiger partial charge in [-0.05, 0) is 30.9 Å². The predicted molar refractivity (Wildman–Crippen MR) is 77.7 cm³/mol. The van der Waals surface area contributed by atoms with Crippen LogP contribution in [0.5, 0.6) is 0 Å². The van der Waals surface area contributed by atoms with Crippen molar-refractivity contribution in [3.05, 3.63) is 47.5 Å². The first-order valence-electron chi connectivity index (χ1n) is 6.43. The van der Waals surface area contributed by atoms with Gasteiger partial charge in [0.25, 0.3) is 0 Å². The maximum Gasteiger partial charge on any atom is 0.303 e. The first-order chi connectivity index (χ1) is 9.09.